The van der Waals surface area contributed by atoms with Crippen LogP contribution in [0.1, 0.15) is 0 Å². The lowest BCUT2D eigenvalue weighted by molar-refractivity contribution is -0.384. The number of nitro groups is 1. The Morgan fingerprint density at radius 2 is 2.15 bits per heavy atom. The molecule has 1 aromatic carbocycles. The van der Waals surface area contributed by atoms with Gasteiger partial charge in [0.05, 0.1) is 4.92 Å². The van der Waals surface area contributed by atoms with Gasteiger partial charge in [-0.2, -0.15) is 5.26 Å². The Hall–Kier alpha value is -2.09. The third kappa shape index (κ3) is 1.73. The number of para-hydroxylation sites is 2. The maximum Gasteiger partial charge on any atom is 0.293 e. The molecule has 5 heteroatoms. The first-order valence-corrected chi connectivity index (χ1v) is 3.53. The predicted molar refractivity (Wildman–Crippen MR) is 47.1 cm³/mol. The van der Waals surface area contributed by atoms with E-state index in [1.807, 2.05) is 0 Å². The molecular formula is C8H7N3O2. The summed E-state index contributed by atoms with van der Waals surface area (Å²) in [6, 6.07) is 6.10. The van der Waals surface area contributed by atoms with E-state index >= 15 is 0 Å². The van der Waals surface area contributed by atoms with Crippen molar-refractivity contribution in [1.82, 2.24) is 0 Å². The topological polar surface area (TPSA) is 70.2 Å². The molecule has 0 atom stereocenters. The first-order chi connectivity index (χ1) is 6.16. The van der Waals surface area contributed by atoms with Gasteiger partial charge in [0.1, 0.15) is 5.69 Å². The van der Waals surface area contributed by atoms with E-state index in [9.17, 15) is 10.1 Å². The van der Waals surface area contributed by atoms with Crippen LogP contribution in [0, 0.1) is 21.6 Å². The summed E-state index contributed by atoms with van der Waals surface area (Å²) in [6.07, 6.45) is 1.81. The molecule has 0 heterocycles. The second-order valence-electron chi connectivity index (χ2n) is 2.40. The second kappa shape index (κ2) is 3.54. The van der Waals surface area contributed by atoms with Crippen LogP contribution >= 0.6 is 0 Å². The van der Waals surface area contributed by atoms with Crippen molar-refractivity contribution in [1.29, 1.82) is 5.26 Å². The summed E-state index contributed by atoms with van der Waals surface area (Å²) < 4.78 is 0. The number of nitrogens with zero attached hydrogens (tertiary/aromatic N) is 3. The Labute approximate surface area is 75.0 Å². The van der Waals surface area contributed by atoms with Crippen molar-refractivity contribution in [2.24, 2.45) is 0 Å². The van der Waals surface area contributed by atoms with Gasteiger partial charge in [0.15, 0.2) is 6.19 Å². The molecule has 13 heavy (non-hydrogen) atoms. The highest BCUT2D eigenvalue weighted by Crippen LogP contribution is 2.25. The summed E-state index contributed by atoms with van der Waals surface area (Å²) in [7, 11) is 1.47. The molecule has 0 amide bonds. The van der Waals surface area contributed by atoms with Gasteiger partial charge in [0, 0.05) is 13.1 Å². The molecule has 1 aromatic rings. The zero-order chi connectivity index (χ0) is 9.84. The molecule has 0 unspecified atom stereocenters. The van der Waals surface area contributed by atoms with E-state index in [1.54, 1.807) is 18.3 Å². The van der Waals surface area contributed by atoms with Crippen LogP contribution < -0.4 is 4.90 Å². The molecule has 0 N–H and O–H groups in total. The van der Waals surface area contributed by atoms with Gasteiger partial charge >= 0.3 is 0 Å². The standard InChI is InChI=1S/C8H7N3O2/c1-10(6-9)7-4-2-3-5-8(7)11(12)13/h2-5H,1H3. The van der Waals surface area contributed by atoms with Crippen LogP contribution in [0.15, 0.2) is 24.3 Å². The summed E-state index contributed by atoms with van der Waals surface area (Å²) in [6.45, 7) is 0. The van der Waals surface area contributed by atoms with Crippen LogP contribution in [0.5, 0.6) is 0 Å². The van der Waals surface area contributed by atoms with Gasteiger partial charge in [-0.05, 0) is 6.07 Å². The quantitative estimate of drug-likeness (QED) is 0.297. The zero-order valence-corrected chi connectivity index (χ0v) is 6.97. The molecule has 0 aliphatic carbocycles. The highest BCUT2D eigenvalue weighted by molar-refractivity contribution is 5.64. The van der Waals surface area contributed by atoms with Gasteiger partial charge in [-0.3, -0.25) is 15.0 Å². The normalized spacial score (nSPS) is 8.92. The Kier molecular flexibility index (Phi) is 2.45. The fourth-order valence-corrected chi connectivity index (χ4v) is 0.956. The molecule has 0 aliphatic rings. The van der Waals surface area contributed by atoms with Crippen molar-refractivity contribution < 1.29 is 4.92 Å². The first-order valence-electron chi connectivity index (χ1n) is 3.53. The van der Waals surface area contributed by atoms with Crippen molar-refractivity contribution in [3.05, 3.63) is 34.4 Å². The number of anilines is 1. The molecule has 1 rings (SSSR count). The average molecular weight is 177 g/mol. The van der Waals surface area contributed by atoms with E-state index in [1.165, 1.54) is 19.2 Å². The number of benzene rings is 1. The molecule has 0 spiro atoms. The monoisotopic (exact) mass is 177 g/mol. The molecule has 66 valence electrons. The fourth-order valence-electron chi connectivity index (χ4n) is 0.956. The third-order valence-corrected chi connectivity index (χ3v) is 1.59. The highest BCUT2D eigenvalue weighted by Gasteiger charge is 2.14. The van der Waals surface area contributed by atoms with E-state index in [0.29, 0.717) is 5.69 Å². The van der Waals surface area contributed by atoms with Gasteiger partial charge in [0.25, 0.3) is 5.69 Å². The van der Waals surface area contributed by atoms with E-state index in [2.05, 4.69) is 0 Å². The Balaban J connectivity index is 3.21. The number of hydrogen-bond acceptors (Lipinski definition) is 4. The van der Waals surface area contributed by atoms with Gasteiger partial charge in [-0.1, -0.05) is 12.1 Å². The maximum absolute atomic E-state index is 10.5. The molecular weight excluding hydrogens is 170 g/mol. The molecule has 0 saturated carbocycles. The smallest absolute Gasteiger partial charge is 0.276 e. The van der Waals surface area contributed by atoms with E-state index in [4.69, 9.17) is 5.26 Å². The summed E-state index contributed by atoms with van der Waals surface area (Å²) in [4.78, 5) is 11.2. The van der Waals surface area contributed by atoms with Crippen molar-refractivity contribution >= 4 is 11.4 Å². The third-order valence-electron chi connectivity index (χ3n) is 1.59. The summed E-state index contributed by atoms with van der Waals surface area (Å²) in [5.74, 6) is 0. The number of nitro benzene ring substituents is 1. The van der Waals surface area contributed by atoms with Gasteiger partial charge in [0.2, 0.25) is 0 Å². The molecule has 0 fully saturated rings. The second-order valence-corrected chi connectivity index (χ2v) is 2.40. The van der Waals surface area contributed by atoms with Crippen LogP contribution in [0.25, 0.3) is 0 Å². The zero-order valence-electron chi connectivity index (χ0n) is 6.97. The maximum atomic E-state index is 10.5. The van der Waals surface area contributed by atoms with Crippen molar-refractivity contribution in [3.8, 4) is 6.19 Å². The Morgan fingerprint density at radius 1 is 1.54 bits per heavy atom. The molecule has 0 radical (unpaired) electrons. The number of hydrogen-bond donors (Lipinski definition) is 0. The van der Waals surface area contributed by atoms with E-state index in [-0.39, 0.29) is 5.69 Å². The minimum Gasteiger partial charge on any atom is -0.276 e. The molecule has 0 aromatic heterocycles. The van der Waals surface area contributed by atoms with Crippen LogP contribution in [0.2, 0.25) is 0 Å². The van der Waals surface area contributed by atoms with Crippen molar-refractivity contribution in [3.63, 3.8) is 0 Å². The fraction of sp³-hybridized carbons (Fsp3) is 0.125. The van der Waals surface area contributed by atoms with Crippen molar-refractivity contribution in [2.75, 3.05) is 11.9 Å². The SMILES string of the molecule is CN(C#N)c1ccccc1[N+](=O)[O-]. The summed E-state index contributed by atoms with van der Waals surface area (Å²) in [5, 5.41) is 19.1. The molecule has 0 bridgehead atoms. The molecule has 5 nitrogen and oxygen atoms in total. The predicted octanol–water partition coefficient (Wildman–Crippen LogP) is 1.51. The average Bonchev–Trinajstić information content (AvgIpc) is 2.16. The minimum atomic E-state index is -0.511. The largest absolute Gasteiger partial charge is 0.293 e. The lowest BCUT2D eigenvalue weighted by Crippen LogP contribution is -2.10. The van der Waals surface area contributed by atoms with Gasteiger partial charge in [-0.15, -0.1) is 0 Å². The first kappa shape index (κ1) is 9.00. The Bertz CT molecular complexity index is 370. The number of rotatable bonds is 2. The van der Waals surface area contributed by atoms with Crippen molar-refractivity contribution in [2.45, 2.75) is 0 Å². The summed E-state index contributed by atoms with van der Waals surface area (Å²) >= 11 is 0. The van der Waals surface area contributed by atoms with Crippen LogP contribution in [0.3, 0.4) is 0 Å². The Morgan fingerprint density at radius 3 is 2.69 bits per heavy atom. The van der Waals surface area contributed by atoms with Crippen LogP contribution in [-0.2, 0) is 0 Å². The molecule has 0 saturated heterocycles. The van der Waals surface area contributed by atoms with Gasteiger partial charge < -0.3 is 0 Å². The van der Waals surface area contributed by atoms with Gasteiger partial charge in [-0.25, -0.2) is 0 Å². The van der Waals surface area contributed by atoms with E-state index in [0.717, 1.165) is 4.90 Å². The summed E-state index contributed by atoms with van der Waals surface area (Å²) in [5.41, 5.74) is 0.238. The van der Waals surface area contributed by atoms with Crippen LogP contribution in [-0.4, -0.2) is 12.0 Å². The lowest BCUT2D eigenvalue weighted by Gasteiger charge is -2.07. The van der Waals surface area contributed by atoms with E-state index < -0.39 is 4.92 Å². The number of nitriles is 1. The lowest BCUT2D eigenvalue weighted by atomic mass is 10.2. The highest BCUT2D eigenvalue weighted by atomic mass is 16.6. The van der Waals surface area contributed by atoms with Crippen LogP contribution in [0.4, 0.5) is 11.4 Å². The molecule has 0 aliphatic heterocycles. The minimum absolute atomic E-state index is 0.0634.